The van der Waals surface area contributed by atoms with Crippen molar-refractivity contribution in [2.45, 2.75) is 72.0 Å². The summed E-state index contributed by atoms with van der Waals surface area (Å²) >= 11 is 6.21. The topological polar surface area (TPSA) is 34.1 Å². The summed E-state index contributed by atoms with van der Waals surface area (Å²) in [5.74, 6) is 1.62. The molecule has 0 aliphatic heterocycles. The Labute approximate surface area is 130 Å². The molecule has 1 rings (SSSR count). The van der Waals surface area contributed by atoms with E-state index >= 15 is 0 Å². The normalized spacial score (nSPS) is 28.9. The van der Waals surface area contributed by atoms with Gasteiger partial charge < -0.3 is 0 Å². The molecular weight excluding hydrogens is 292 g/mol. The molecule has 0 amide bonds. The molecule has 0 N–H and O–H groups in total. The molecule has 2 nitrogen and oxygen atoms in total. The number of hydrogen-bond acceptors (Lipinski definition) is 2. The second-order valence-electron chi connectivity index (χ2n) is 7.94. The monoisotopic (exact) mass is 322 g/mol. The molecule has 120 valence electrons. The highest BCUT2D eigenvalue weighted by Gasteiger charge is 2.39. The molecule has 1 saturated carbocycles. The van der Waals surface area contributed by atoms with E-state index in [-0.39, 0.29) is 16.4 Å². The van der Waals surface area contributed by atoms with Crippen molar-refractivity contribution in [1.82, 2.24) is 0 Å². The summed E-state index contributed by atoms with van der Waals surface area (Å²) in [5, 5.41) is -0.277. The fourth-order valence-corrected chi connectivity index (χ4v) is 4.73. The van der Waals surface area contributed by atoms with Crippen molar-refractivity contribution >= 4 is 21.4 Å². The molecular formula is C16H31ClO2S. The highest BCUT2D eigenvalue weighted by Crippen LogP contribution is 2.47. The van der Waals surface area contributed by atoms with Gasteiger partial charge in [-0.3, -0.25) is 0 Å². The van der Waals surface area contributed by atoms with E-state index in [4.69, 9.17) is 11.6 Å². The Morgan fingerprint density at radius 2 is 1.70 bits per heavy atom. The fraction of sp³-hybridized carbons (Fsp3) is 1.00. The van der Waals surface area contributed by atoms with Crippen molar-refractivity contribution in [3.05, 3.63) is 0 Å². The number of rotatable bonds is 5. The van der Waals surface area contributed by atoms with Crippen LogP contribution in [0.25, 0.3) is 0 Å². The van der Waals surface area contributed by atoms with Gasteiger partial charge in [-0.2, -0.15) is 0 Å². The summed E-state index contributed by atoms with van der Waals surface area (Å²) in [6, 6.07) is 0. The molecule has 0 unspecified atom stereocenters. The van der Waals surface area contributed by atoms with Gasteiger partial charge >= 0.3 is 0 Å². The van der Waals surface area contributed by atoms with E-state index in [1.54, 1.807) is 13.8 Å². The predicted molar refractivity (Wildman–Crippen MR) is 88.1 cm³/mol. The lowest BCUT2D eigenvalue weighted by Gasteiger charge is -2.43. The molecule has 1 fully saturated rings. The summed E-state index contributed by atoms with van der Waals surface area (Å²) in [6.07, 6.45) is 5.24. The fourth-order valence-electron chi connectivity index (χ4n) is 3.14. The number of hydrogen-bond donors (Lipinski definition) is 0. The van der Waals surface area contributed by atoms with E-state index in [0.29, 0.717) is 11.3 Å². The van der Waals surface area contributed by atoms with Crippen LogP contribution in [0.4, 0.5) is 0 Å². The number of halogens is 1. The lowest BCUT2D eigenvalue weighted by Crippen LogP contribution is -2.35. The maximum Gasteiger partial charge on any atom is 0.152 e. The first-order chi connectivity index (χ1) is 9.02. The second kappa shape index (κ2) is 6.56. The Morgan fingerprint density at radius 1 is 1.20 bits per heavy atom. The van der Waals surface area contributed by atoms with Crippen molar-refractivity contribution in [2.75, 3.05) is 11.6 Å². The third-order valence-corrected chi connectivity index (χ3v) is 7.97. The molecule has 1 aliphatic rings. The average molecular weight is 323 g/mol. The van der Waals surface area contributed by atoms with Gasteiger partial charge in [0.15, 0.2) is 9.84 Å². The average Bonchev–Trinajstić information content (AvgIpc) is 2.36. The molecule has 0 spiro atoms. The zero-order valence-corrected chi connectivity index (χ0v) is 15.3. The zero-order chi connectivity index (χ0) is 15.6. The van der Waals surface area contributed by atoms with Gasteiger partial charge in [0.25, 0.3) is 0 Å². The van der Waals surface area contributed by atoms with Gasteiger partial charge in [-0.05, 0) is 62.7 Å². The van der Waals surface area contributed by atoms with Crippen molar-refractivity contribution < 1.29 is 8.42 Å². The van der Waals surface area contributed by atoms with Crippen molar-refractivity contribution in [2.24, 2.45) is 16.7 Å². The maximum absolute atomic E-state index is 12.0. The van der Waals surface area contributed by atoms with E-state index < -0.39 is 9.84 Å². The molecule has 0 heterocycles. The first kappa shape index (κ1) is 18.3. The number of sulfone groups is 1. The lowest BCUT2D eigenvalue weighted by molar-refractivity contribution is 0.0995. The van der Waals surface area contributed by atoms with Gasteiger partial charge in [-0.15, -0.1) is 11.6 Å². The van der Waals surface area contributed by atoms with Crippen LogP contribution in [0.3, 0.4) is 0 Å². The van der Waals surface area contributed by atoms with Crippen molar-refractivity contribution in [3.63, 3.8) is 0 Å². The van der Waals surface area contributed by atoms with Gasteiger partial charge in [0.05, 0.1) is 11.0 Å². The van der Waals surface area contributed by atoms with E-state index in [2.05, 4.69) is 20.8 Å². The predicted octanol–water partition coefficient (Wildman–Crippen LogP) is 4.66. The first-order valence-corrected chi connectivity index (χ1v) is 10.0. The first-order valence-electron chi connectivity index (χ1n) is 7.80. The van der Waals surface area contributed by atoms with Gasteiger partial charge in [0.2, 0.25) is 0 Å². The molecule has 4 heteroatoms. The van der Waals surface area contributed by atoms with Crippen molar-refractivity contribution in [1.29, 1.82) is 0 Å². The second-order valence-corrected chi connectivity index (χ2v) is 10.9. The summed E-state index contributed by atoms with van der Waals surface area (Å²) in [6.45, 7) is 10.4. The molecule has 0 atom stereocenters. The Morgan fingerprint density at radius 3 is 2.05 bits per heavy atom. The minimum atomic E-state index is -2.95. The summed E-state index contributed by atoms with van der Waals surface area (Å²) in [4.78, 5) is 0. The molecule has 20 heavy (non-hydrogen) atoms. The van der Waals surface area contributed by atoms with Gasteiger partial charge in [-0.1, -0.05) is 20.8 Å². The highest BCUT2D eigenvalue weighted by molar-refractivity contribution is 7.91. The molecule has 1 aliphatic carbocycles. The SMILES string of the molecule is CC(C)S(=O)(=O)CCC1(CCl)CCC(C(C)(C)C)CC1. The largest absolute Gasteiger partial charge is 0.229 e. The van der Waals surface area contributed by atoms with E-state index in [1.807, 2.05) is 0 Å². The third-order valence-electron chi connectivity index (χ3n) is 5.19. The molecule has 0 radical (unpaired) electrons. The van der Waals surface area contributed by atoms with Crippen LogP contribution < -0.4 is 0 Å². The van der Waals surface area contributed by atoms with E-state index in [0.717, 1.165) is 25.2 Å². The molecule has 0 bridgehead atoms. The van der Waals surface area contributed by atoms with Crippen LogP contribution in [0.1, 0.15) is 66.7 Å². The van der Waals surface area contributed by atoms with Crippen LogP contribution in [0, 0.1) is 16.7 Å². The van der Waals surface area contributed by atoms with Gasteiger partial charge in [0, 0.05) is 5.88 Å². The molecule has 0 aromatic carbocycles. The summed E-state index contributed by atoms with van der Waals surface area (Å²) < 4.78 is 24.0. The Kier molecular flexibility index (Phi) is 6.00. The molecule has 0 aromatic heterocycles. The maximum atomic E-state index is 12.0. The Hall–Kier alpha value is 0.240. The minimum Gasteiger partial charge on any atom is -0.229 e. The van der Waals surface area contributed by atoms with Crippen LogP contribution in [-0.4, -0.2) is 25.3 Å². The molecule has 0 aromatic rings. The van der Waals surface area contributed by atoms with Crippen LogP contribution >= 0.6 is 11.6 Å². The highest BCUT2D eigenvalue weighted by atomic mass is 35.5. The minimum absolute atomic E-state index is 0.0469. The quantitative estimate of drug-likeness (QED) is 0.690. The Balaban J connectivity index is 2.64. The summed E-state index contributed by atoms with van der Waals surface area (Å²) in [7, 11) is -2.95. The van der Waals surface area contributed by atoms with Gasteiger partial charge in [-0.25, -0.2) is 8.42 Å². The smallest absolute Gasteiger partial charge is 0.152 e. The van der Waals surface area contributed by atoms with Gasteiger partial charge in [0.1, 0.15) is 0 Å². The van der Waals surface area contributed by atoms with E-state index in [1.165, 1.54) is 12.8 Å². The van der Waals surface area contributed by atoms with Crippen LogP contribution in [-0.2, 0) is 9.84 Å². The standard InChI is InChI=1S/C16H31ClO2S/c1-13(2)20(18,19)11-10-16(12-17)8-6-14(7-9-16)15(3,4)5/h13-14H,6-12H2,1-5H3. The summed E-state index contributed by atoms with van der Waals surface area (Å²) in [5.41, 5.74) is 0.397. The van der Waals surface area contributed by atoms with Crippen LogP contribution in [0.2, 0.25) is 0 Å². The van der Waals surface area contributed by atoms with E-state index in [9.17, 15) is 8.42 Å². The lowest BCUT2D eigenvalue weighted by atomic mass is 9.64. The molecule has 0 saturated heterocycles. The van der Waals surface area contributed by atoms with Crippen LogP contribution in [0.5, 0.6) is 0 Å². The van der Waals surface area contributed by atoms with Crippen LogP contribution in [0.15, 0.2) is 0 Å². The number of alkyl halides is 1. The third kappa shape index (κ3) is 4.62. The Bertz CT molecular complexity index is 399. The zero-order valence-electron chi connectivity index (χ0n) is 13.7. The van der Waals surface area contributed by atoms with Crippen molar-refractivity contribution in [3.8, 4) is 0 Å².